The topological polar surface area (TPSA) is 29.1 Å². The molecule has 0 heterocycles. The van der Waals surface area contributed by atoms with E-state index in [4.69, 9.17) is 0 Å². The molecule has 0 aromatic rings. The van der Waals surface area contributed by atoms with Crippen LogP contribution in [0.1, 0.15) is 53.4 Å². The summed E-state index contributed by atoms with van der Waals surface area (Å²) in [7, 11) is -0.713. The fraction of sp³-hybridized carbons (Fsp3) is 1.00. The van der Waals surface area contributed by atoms with E-state index >= 15 is 0 Å². The molecule has 2 nitrogen and oxygen atoms in total. The first-order valence-corrected chi connectivity index (χ1v) is 7.89. The van der Waals surface area contributed by atoms with Gasteiger partial charge in [0.15, 0.2) is 0 Å². The minimum absolute atomic E-state index is 0.0679. The van der Waals surface area contributed by atoms with Gasteiger partial charge in [-0.2, -0.15) is 0 Å². The Morgan fingerprint density at radius 2 is 2.00 bits per heavy atom. The van der Waals surface area contributed by atoms with Gasteiger partial charge in [-0.25, -0.2) is 0 Å². The van der Waals surface area contributed by atoms with Gasteiger partial charge in [0.05, 0.1) is 0 Å². The lowest BCUT2D eigenvalue weighted by molar-refractivity contribution is 0.398. The highest BCUT2D eigenvalue weighted by Crippen LogP contribution is 2.27. The number of rotatable bonds is 5. The van der Waals surface area contributed by atoms with Crippen molar-refractivity contribution in [3.63, 3.8) is 0 Å². The fourth-order valence-electron chi connectivity index (χ4n) is 2.44. The van der Waals surface area contributed by atoms with Crippen LogP contribution in [0.15, 0.2) is 0 Å². The lowest BCUT2D eigenvalue weighted by Gasteiger charge is -2.22. The Kier molecular flexibility index (Phi) is 5.45. The van der Waals surface area contributed by atoms with Gasteiger partial charge >= 0.3 is 0 Å². The molecule has 1 aliphatic carbocycles. The summed E-state index contributed by atoms with van der Waals surface area (Å²) in [5, 5.41) is 3.59. The first-order chi connectivity index (χ1) is 7.45. The Morgan fingerprint density at radius 1 is 1.31 bits per heavy atom. The summed E-state index contributed by atoms with van der Waals surface area (Å²) in [6, 6.07) is 0.682. The largest absolute Gasteiger partial charge is 0.313 e. The molecular weight excluding hydrogens is 218 g/mol. The van der Waals surface area contributed by atoms with Crippen molar-refractivity contribution < 1.29 is 4.21 Å². The van der Waals surface area contributed by atoms with Gasteiger partial charge in [-0.15, -0.1) is 0 Å². The SMILES string of the molecule is CCC1CCCC1NCCS(=O)C(C)(C)C. The normalized spacial score (nSPS) is 28.2. The van der Waals surface area contributed by atoms with Gasteiger partial charge in [0.2, 0.25) is 0 Å². The molecule has 1 N–H and O–H groups in total. The van der Waals surface area contributed by atoms with E-state index in [2.05, 4.69) is 12.2 Å². The van der Waals surface area contributed by atoms with Gasteiger partial charge in [-0.3, -0.25) is 4.21 Å². The second kappa shape index (κ2) is 6.15. The molecule has 3 heteroatoms. The average Bonchev–Trinajstić information content (AvgIpc) is 2.63. The second-order valence-electron chi connectivity index (χ2n) is 5.82. The summed E-state index contributed by atoms with van der Waals surface area (Å²) in [4.78, 5) is 0. The summed E-state index contributed by atoms with van der Waals surface area (Å²) >= 11 is 0. The molecule has 16 heavy (non-hydrogen) atoms. The summed E-state index contributed by atoms with van der Waals surface area (Å²) in [5.41, 5.74) is 0. The van der Waals surface area contributed by atoms with Crippen molar-refractivity contribution in [3.8, 4) is 0 Å². The molecule has 1 saturated carbocycles. The van der Waals surface area contributed by atoms with Crippen molar-refractivity contribution in [2.75, 3.05) is 12.3 Å². The molecule has 1 rings (SSSR count). The predicted molar refractivity (Wildman–Crippen MR) is 72.2 cm³/mol. The number of hydrogen-bond acceptors (Lipinski definition) is 2. The van der Waals surface area contributed by atoms with Crippen LogP contribution < -0.4 is 5.32 Å². The number of hydrogen-bond donors (Lipinski definition) is 1. The van der Waals surface area contributed by atoms with Gasteiger partial charge in [0.1, 0.15) is 0 Å². The first-order valence-electron chi connectivity index (χ1n) is 6.57. The van der Waals surface area contributed by atoms with E-state index in [-0.39, 0.29) is 4.75 Å². The molecule has 0 radical (unpaired) electrons. The van der Waals surface area contributed by atoms with Crippen molar-refractivity contribution >= 4 is 10.8 Å². The van der Waals surface area contributed by atoms with Crippen LogP contribution in [0, 0.1) is 5.92 Å². The van der Waals surface area contributed by atoms with Crippen molar-refractivity contribution in [1.29, 1.82) is 0 Å². The highest BCUT2D eigenvalue weighted by atomic mass is 32.2. The smallest absolute Gasteiger partial charge is 0.0375 e. The zero-order chi connectivity index (χ0) is 12.2. The zero-order valence-electron chi connectivity index (χ0n) is 11.2. The third-order valence-electron chi connectivity index (χ3n) is 3.56. The van der Waals surface area contributed by atoms with Crippen LogP contribution >= 0.6 is 0 Å². The summed E-state index contributed by atoms with van der Waals surface area (Å²) in [6.45, 7) is 9.33. The molecule has 3 atom stereocenters. The molecule has 0 spiro atoms. The van der Waals surface area contributed by atoms with Crippen molar-refractivity contribution in [2.24, 2.45) is 5.92 Å². The lowest BCUT2D eigenvalue weighted by atomic mass is 10.0. The molecule has 0 aliphatic heterocycles. The van der Waals surface area contributed by atoms with E-state index < -0.39 is 10.8 Å². The molecule has 0 amide bonds. The minimum atomic E-state index is -0.713. The molecule has 96 valence electrons. The van der Waals surface area contributed by atoms with E-state index in [9.17, 15) is 4.21 Å². The van der Waals surface area contributed by atoms with Crippen LogP contribution in [0.25, 0.3) is 0 Å². The van der Waals surface area contributed by atoms with Gasteiger partial charge in [-0.05, 0) is 39.5 Å². The Bertz CT molecular complexity index is 235. The highest BCUT2D eigenvalue weighted by Gasteiger charge is 2.25. The summed E-state index contributed by atoms with van der Waals surface area (Å²) < 4.78 is 11.8. The third kappa shape index (κ3) is 4.17. The average molecular weight is 245 g/mol. The van der Waals surface area contributed by atoms with Crippen LogP contribution in [-0.4, -0.2) is 27.3 Å². The Balaban J connectivity index is 2.23. The summed E-state index contributed by atoms with van der Waals surface area (Å²) in [5.74, 6) is 1.64. The van der Waals surface area contributed by atoms with Crippen molar-refractivity contribution in [1.82, 2.24) is 5.32 Å². The Hall–Kier alpha value is 0.110. The molecule has 0 aromatic carbocycles. The van der Waals surface area contributed by atoms with E-state index in [0.29, 0.717) is 6.04 Å². The van der Waals surface area contributed by atoms with Crippen molar-refractivity contribution in [2.45, 2.75) is 64.2 Å². The maximum absolute atomic E-state index is 11.9. The highest BCUT2D eigenvalue weighted by molar-refractivity contribution is 7.86. The van der Waals surface area contributed by atoms with Crippen LogP contribution in [0.4, 0.5) is 0 Å². The standard InChI is InChI=1S/C13H27NOS/c1-5-11-7-6-8-12(11)14-9-10-16(15)13(2,3)4/h11-12,14H,5-10H2,1-4H3. The van der Waals surface area contributed by atoms with Gasteiger partial charge in [0.25, 0.3) is 0 Å². The molecular formula is C13H27NOS. The van der Waals surface area contributed by atoms with E-state index in [1.807, 2.05) is 20.8 Å². The van der Waals surface area contributed by atoms with E-state index in [1.165, 1.54) is 25.7 Å². The molecule has 1 aliphatic rings. The fourth-order valence-corrected chi connectivity index (χ4v) is 3.35. The van der Waals surface area contributed by atoms with Gasteiger partial charge < -0.3 is 5.32 Å². The molecule has 0 bridgehead atoms. The van der Waals surface area contributed by atoms with Crippen molar-refractivity contribution in [3.05, 3.63) is 0 Å². The Morgan fingerprint density at radius 3 is 2.56 bits per heavy atom. The van der Waals surface area contributed by atoms with Crippen LogP contribution in [0.3, 0.4) is 0 Å². The monoisotopic (exact) mass is 245 g/mol. The maximum atomic E-state index is 11.9. The first kappa shape index (κ1) is 14.2. The molecule has 0 aromatic heterocycles. The van der Waals surface area contributed by atoms with Crippen LogP contribution in [0.2, 0.25) is 0 Å². The quantitative estimate of drug-likeness (QED) is 0.807. The Labute approximate surface area is 103 Å². The zero-order valence-corrected chi connectivity index (χ0v) is 12.0. The predicted octanol–water partition coefficient (Wildman–Crippen LogP) is 2.70. The third-order valence-corrected chi connectivity index (χ3v) is 5.50. The lowest BCUT2D eigenvalue weighted by Crippen LogP contribution is -2.37. The summed E-state index contributed by atoms with van der Waals surface area (Å²) in [6.07, 6.45) is 5.32. The van der Waals surface area contributed by atoms with Gasteiger partial charge in [0, 0.05) is 33.9 Å². The van der Waals surface area contributed by atoms with E-state index in [1.54, 1.807) is 0 Å². The maximum Gasteiger partial charge on any atom is 0.0375 e. The number of nitrogens with one attached hydrogen (secondary N) is 1. The van der Waals surface area contributed by atoms with Gasteiger partial charge in [-0.1, -0.05) is 19.8 Å². The van der Waals surface area contributed by atoms with Crippen LogP contribution in [-0.2, 0) is 10.8 Å². The molecule has 3 unspecified atom stereocenters. The molecule has 0 saturated heterocycles. The molecule has 1 fully saturated rings. The second-order valence-corrected chi connectivity index (χ2v) is 8.15. The van der Waals surface area contributed by atoms with E-state index in [0.717, 1.165) is 18.2 Å². The van der Waals surface area contributed by atoms with Crippen LogP contribution in [0.5, 0.6) is 0 Å². The minimum Gasteiger partial charge on any atom is -0.313 e.